The first-order valence-corrected chi connectivity index (χ1v) is 9.92. The predicted octanol–water partition coefficient (Wildman–Crippen LogP) is 2.82. The van der Waals surface area contributed by atoms with Crippen molar-refractivity contribution in [3.63, 3.8) is 0 Å². The fourth-order valence-electron chi connectivity index (χ4n) is 3.02. The quantitative estimate of drug-likeness (QED) is 0.623. The number of halogens is 1. The SMILES string of the molecule is CC[C@H]1CN[S+]([O-])c2cnn3ccc(nc23)N[C@H](C)c2cc(F)ccc2O1. The molecule has 0 amide bonds. The number of nitrogens with one attached hydrogen (secondary N) is 2. The lowest BCUT2D eigenvalue weighted by atomic mass is 10.1. The van der Waals surface area contributed by atoms with Gasteiger partial charge in [-0.05, 0) is 37.6 Å². The minimum Gasteiger partial charge on any atom is -0.593 e. The molecule has 3 atom stereocenters. The van der Waals surface area contributed by atoms with Gasteiger partial charge in [-0.25, -0.2) is 13.9 Å². The Hall–Kier alpha value is -2.36. The van der Waals surface area contributed by atoms with Crippen molar-refractivity contribution >= 4 is 22.8 Å². The van der Waals surface area contributed by atoms with E-state index in [1.807, 2.05) is 13.8 Å². The summed E-state index contributed by atoms with van der Waals surface area (Å²) in [5.41, 5.74) is 1.20. The molecular formula is C18H20FN5O2S. The molecule has 4 rings (SSSR count). The third-order valence-corrected chi connectivity index (χ3v) is 5.65. The first kappa shape index (κ1) is 18.0. The average Bonchev–Trinajstić information content (AvgIpc) is 3.08. The number of anilines is 1. The first-order valence-electron chi connectivity index (χ1n) is 8.77. The molecule has 1 aliphatic heterocycles. The van der Waals surface area contributed by atoms with Gasteiger partial charge in [0.25, 0.3) is 0 Å². The average molecular weight is 389 g/mol. The molecule has 0 saturated carbocycles. The van der Waals surface area contributed by atoms with Crippen molar-refractivity contribution in [3.05, 3.63) is 48.0 Å². The van der Waals surface area contributed by atoms with Gasteiger partial charge in [0, 0.05) is 11.8 Å². The van der Waals surface area contributed by atoms with E-state index in [1.165, 1.54) is 12.1 Å². The van der Waals surface area contributed by atoms with E-state index in [-0.39, 0.29) is 18.0 Å². The van der Waals surface area contributed by atoms with Gasteiger partial charge in [-0.1, -0.05) is 6.92 Å². The van der Waals surface area contributed by atoms with E-state index in [0.717, 1.165) is 0 Å². The van der Waals surface area contributed by atoms with Crippen LogP contribution in [0.3, 0.4) is 0 Å². The molecule has 2 aromatic heterocycles. The number of fused-ring (bicyclic) bond motifs is 2. The largest absolute Gasteiger partial charge is 0.593 e. The maximum absolute atomic E-state index is 13.9. The molecule has 1 unspecified atom stereocenters. The van der Waals surface area contributed by atoms with Crippen LogP contribution in [-0.4, -0.2) is 31.8 Å². The lowest BCUT2D eigenvalue weighted by Gasteiger charge is -2.23. The van der Waals surface area contributed by atoms with Crippen molar-refractivity contribution in [2.75, 3.05) is 11.9 Å². The molecule has 27 heavy (non-hydrogen) atoms. The first-order chi connectivity index (χ1) is 13.0. The van der Waals surface area contributed by atoms with Crippen LogP contribution in [-0.2, 0) is 11.4 Å². The fraction of sp³-hybridized carbons (Fsp3) is 0.333. The molecule has 3 aromatic rings. The van der Waals surface area contributed by atoms with E-state index in [2.05, 4.69) is 20.1 Å². The molecule has 3 heterocycles. The van der Waals surface area contributed by atoms with Gasteiger partial charge in [-0.3, -0.25) is 0 Å². The smallest absolute Gasteiger partial charge is 0.238 e. The molecule has 142 valence electrons. The van der Waals surface area contributed by atoms with Gasteiger partial charge < -0.3 is 14.6 Å². The van der Waals surface area contributed by atoms with Crippen molar-refractivity contribution in [1.82, 2.24) is 19.3 Å². The zero-order valence-electron chi connectivity index (χ0n) is 15.0. The molecule has 0 aliphatic carbocycles. The number of hydrogen-bond donors (Lipinski definition) is 2. The molecule has 0 spiro atoms. The predicted molar refractivity (Wildman–Crippen MR) is 101 cm³/mol. The van der Waals surface area contributed by atoms with E-state index < -0.39 is 11.4 Å². The van der Waals surface area contributed by atoms with E-state index in [9.17, 15) is 8.94 Å². The van der Waals surface area contributed by atoms with E-state index in [4.69, 9.17) is 4.74 Å². The van der Waals surface area contributed by atoms with Gasteiger partial charge in [0.2, 0.25) is 10.5 Å². The van der Waals surface area contributed by atoms with E-state index in [1.54, 1.807) is 29.0 Å². The van der Waals surface area contributed by atoms with Crippen LogP contribution in [0.25, 0.3) is 5.65 Å². The third-order valence-electron chi connectivity index (χ3n) is 4.53. The standard InChI is InChI=1S/C18H20FN5O2S/c1-3-13-9-21-27(25)16-10-20-24-7-6-17(23-18(16)24)22-11(2)14-8-12(19)4-5-15(14)26-13/h4-8,10-11,13,21H,3,9H2,1-2H3,(H,22,23)/t11-,13+,27?/m1/s1. The highest BCUT2D eigenvalue weighted by molar-refractivity contribution is 7.89. The van der Waals surface area contributed by atoms with Crippen LogP contribution in [0.15, 0.2) is 41.6 Å². The summed E-state index contributed by atoms with van der Waals surface area (Å²) >= 11 is -1.48. The molecule has 7 nitrogen and oxygen atoms in total. The van der Waals surface area contributed by atoms with E-state index >= 15 is 0 Å². The summed E-state index contributed by atoms with van der Waals surface area (Å²) in [5, 5.41) is 7.47. The molecule has 9 heteroatoms. The summed E-state index contributed by atoms with van der Waals surface area (Å²) in [6, 6.07) is 6.00. The summed E-state index contributed by atoms with van der Waals surface area (Å²) in [6.45, 7) is 4.28. The Morgan fingerprint density at radius 1 is 1.41 bits per heavy atom. The summed E-state index contributed by atoms with van der Waals surface area (Å²) in [4.78, 5) is 5.04. The molecule has 1 aromatic carbocycles. The van der Waals surface area contributed by atoms with Crippen molar-refractivity contribution in [3.8, 4) is 5.75 Å². The van der Waals surface area contributed by atoms with Gasteiger partial charge >= 0.3 is 0 Å². The topological polar surface area (TPSA) is 86.5 Å². The normalized spacial score (nSPS) is 22.9. The zero-order valence-corrected chi connectivity index (χ0v) is 15.8. The summed E-state index contributed by atoms with van der Waals surface area (Å²) < 4.78 is 37.2. The lowest BCUT2D eigenvalue weighted by Crippen LogP contribution is -2.35. The Labute approximate surface area is 159 Å². The molecular weight excluding hydrogens is 369 g/mol. The number of aromatic nitrogens is 3. The number of nitrogens with zero attached hydrogens (tertiary/aromatic N) is 3. The molecule has 0 fully saturated rings. The minimum absolute atomic E-state index is 0.215. The molecule has 0 saturated heterocycles. The van der Waals surface area contributed by atoms with Crippen LogP contribution in [0, 0.1) is 5.82 Å². The third kappa shape index (κ3) is 3.58. The molecule has 0 radical (unpaired) electrons. The summed E-state index contributed by atoms with van der Waals surface area (Å²) in [6.07, 6.45) is 3.78. The maximum Gasteiger partial charge on any atom is 0.238 e. The van der Waals surface area contributed by atoms with Crippen LogP contribution < -0.4 is 14.8 Å². The van der Waals surface area contributed by atoms with Crippen LogP contribution in [0.1, 0.15) is 31.9 Å². The van der Waals surface area contributed by atoms with Crippen molar-refractivity contribution in [1.29, 1.82) is 0 Å². The Bertz CT molecular complexity index is 966. The second-order valence-corrected chi connectivity index (χ2v) is 7.67. The Morgan fingerprint density at radius 2 is 2.26 bits per heavy atom. The highest BCUT2D eigenvalue weighted by atomic mass is 32.2. The zero-order chi connectivity index (χ0) is 19.0. The van der Waals surface area contributed by atoms with Crippen molar-refractivity contribution in [2.45, 2.75) is 37.3 Å². The van der Waals surface area contributed by atoms with Gasteiger partial charge in [0.05, 0.1) is 23.9 Å². The minimum atomic E-state index is -1.48. The number of ether oxygens (including phenoxy) is 1. The lowest BCUT2D eigenvalue weighted by molar-refractivity contribution is 0.198. The highest BCUT2D eigenvalue weighted by Crippen LogP contribution is 2.30. The van der Waals surface area contributed by atoms with Crippen molar-refractivity contribution < 1.29 is 13.7 Å². The summed E-state index contributed by atoms with van der Waals surface area (Å²) in [7, 11) is 0. The number of rotatable bonds is 1. The molecule has 1 aliphatic rings. The molecule has 2 bridgehead atoms. The highest BCUT2D eigenvalue weighted by Gasteiger charge is 2.24. The van der Waals surface area contributed by atoms with Gasteiger partial charge in [-0.15, -0.1) is 4.72 Å². The van der Waals surface area contributed by atoms with Crippen molar-refractivity contribution in [2.24, 2.45) is 0 Å². The molecule has 2 N–H and O–H groups in total. The Balaban J connectivity index is 1.80. The Kier molecular flexibility index (Phi) is 4.90. The summed E-state index contributed by atoms with van der Waals surface area (Å²) in [5.74, 6) is 0.846. The van der Waals surface area contributed by atoms with Crippen LogP contribution in [0.4, 0.5) is 10.2 Å². The number of hydrogen-bond acceptors (Lipinski definition) is 6. The van der Waals surface area contributed by atoms with Gasteiger partial charge in [0.1, 0.15) is 29.7 Å². The van der Waals surface area contributed by atoms with E-state index in [0.29, 0.717) is 40.6 Å². The monoisotopic (exact) mass is 389 g/mol. The van der Waals surface area contributed by atoms with Crippen LogP contribution >= 0.6 is 0 Å². The second kappa shape index (κ2) is 7.34. The Morgan fingerprint density at radius 3 is 3.07 bits per heavy atom. The maximum atomic E-state index is 13.9. The van der Waals surface area contributed by atoms with Gasteiger partial charge in [0.15, 0.2) is 0 Å². The second-order valence-electron chi connectivity index (χ2n) is 6.40. The fourth-order valence-corrected chi connectivity index (χ4v) is 3.96. The number of benzene rings is 1. The van der Waals surface area contributed by atoms with Crippen LogP contribution in [0.2, 0.25) is 0 Å². The van der Waals surface area contributed by atoms with Crippen LogP contribution in [0.5, 0.6) is 5.75 Å². The van der Waals surface area contributed by atoms with Gasteiger partial charge in [-0.2, -0.15) is 5.10 Å².